The second kappa shape index (κ2) is 7.69. The zero-order valence-corrected chi connectivity index (χ0v) is 14.9. The van der Waals surface area contributed by atoms with Crippen molar-refractivity contribution in [2.75, 3.05) is 13.1 Å². The number of carbonyl (C=O) groups is 2. The Labute approximate surface area is 155 Å². The molecule has 8 heteroatoms. The number of piperidine rings is 1. The van der Waals surface area contributed by atoms with Crippen LogP contribution in [0.4, 0.5) is 4.39 Å². The normalized spacial score (nSPS) is 15.0. The van der Waals surface area contributed by atoms with Gasteiger partial charge in [0.15, 0.2) is 5.69 Å². The maximum absolute atomic E-state index is 14.1. The van der Waals surface area contributed by atoms with Crippen LogP contribution in [-0.4, -0.2) is 44.8 Å². The van der Waals surface area contributed by atoms with Crippen LogP contribution in [0.15, 0.2) is 35.1 Å². The quantitative estimate of drug-likeness (QED) is 0.885. The Morgan fingerprint density at radius 2 is 1.93 bits per heavy atom. The molecule has 0 aliphatic carbocycles. The lowest BCUT2D eigenvalue weighted by Gasteiger charge is -2.31. The lowest BCUT2D eigenvalue weighted by molar-refractivity contribution is -0.138. The van der Waals surface area contributed by atoms with Crippen molar-refractivity contribution < 1.29 is 19.1 Å². The molecule has 0 unspecified atom stereocenters. The fraction of sp³-hybridized carbons (Fsp3) is 0.368. The number of hydrogen-bond donors (Lipinski definition) is 1. The monoisotopic (exact) mass is 373 g/mol. The second-order valence-electron chi connectivity index (χ2n) is 6.70. The van der Waals surface area contributed by atoms with Gasteiger partial charge in [-0.3, -0.25) is 14.4 Å². The van der Waals surface area contributed by atoms with Crippen molar-refractivity contribution in [1.29, 1.82) is 0 Å². The molecule has 1 aliphatic heterocycles. The molecule has 0 atom stereocenters. The molecule has 1 amide bonds. The minimum Gasteiger partial charge on any atom is -0.481 e. The van der Waals surface area contributed by atoms with Crippen molar-refractivity contribution >= 4 is 11.9 Å². The molecule has 3 rings (SSSR count). The number of amides is 1. The van der Waals surface area contributed by atoms with E-state index in [2.05, 4.69) is 5.10 Å². The molecule has 1 N–H and O–H groups in total. The summed E-state index contributed by atoms with van der Waals surface area (Å²) in [7, 11) is 0. The standard InChI is InChI=1S/C19H20FN3O4/c1-12-10-16(24)18(21-23(12)15-5-3-2-4-14(15)20)19(27)22-8-6-13(7-9-22)11-17(25)26/h2-5,10,13H,6-9,11H2,1H3,(H,25,26). The van der Waals surface area contributed by atoms with Gasteiger partial charge in [0, 0.05) is 31.3 Å². The predicted octanol–water partition coefficient (Wildman–Crippen LogP) is 2.01. The highest BCUT2D eigenvalue weighted by Gasteiger charge is 2.27. The Morgan fingerprint density at radius 3 is 2.56 bits per heavy atom. The van der Waals surface area contributed by atoms with E-state index in [-0.39, 0.29) is 23.7 Å². The summed E-state index contributed by atoms with van der Waals surface area (Å²) in [4.78, 5) is 37.4. The van der Waals surface area contributed by atoms with Gasteiger partial charge in [0.1, 0.15) is 11.5 Å². The van der Waals surface area contributed by atoms with E-state index >= 15 is 0 Å². The van der Waals surface area contributed by atoms with E-state index in [1.165, 1.54) is 27.8 Å². The Balaban J connectivity index is 1.86. The van der Waals surface area contributed by atoms with Crippen molar-refractivity contribution in [2.24, 2.45) is 5.92 Å². The lowest BCUT2D eigenvalue weighted by atomic mass is 9.93. The number of nitrogens with zero attached hydrogens (tertiary/aromatic N) is 3. The van der Waals surface area contributed by atoms with Gasteiger partial charge in [-0.15, -0.1) is 0 Å². The highest BCUT2D eigenvalue weighted by atomic mass is 19.1. The first-order valence-electron chi connectivity index (χ1n) is 8.73. The van der Waals surface area contributed by atoms with Crippen LogP contribution in [0.1, 0.15) is 35.4 Å². The number of hydrogen-bond acceptors (Lipinski definition) is 4. The van der Waals surface area contributed by atoms with E-state index in [1.807, 2.05) is 0 Å². The van der Waals surface area contributed by atoms with E-state index in [4.69, 9.17) is 5.11 Å². The molecule has 142 valence electrons. The number of carboxylic acids is 1. The molecule has 0 radical (unpaired) electrons. The maximum atomic E-state index is 14.1. The van der Waals surface area contributed by atoms with Crippen molar-refractivity contribution in [1.82, 2.24) is 14.7 Å². The van der Waals surface area contributed by atoms with Crippen molar-refractivity contribution in [3.05, 3.63) is 57.8 Å². The molecule has 2 heterocycles. The minimum atomic E-state index is -0.854. The van der Waals surface area contributed by atoms with Crippen LogP contribution >= 0.6 is 0 Å². The van der Waals surface area contributed by atoms with Gasteiger partial charge in [0.25, 0.3) is 5.91 Å². The summed E-state index contributed by atoms with van der Waals surface area (Å²) in [6, 6.07) is 7.26. The zero-order chi connectivity index (χ0) is 19.6. The van der Waals surface area contributed by atoms with Crippen LogP contribution in [0, 0.1) is 18.7 Å². The van der Waals surface area contributed by atoms with Crippen LogP contribution in [-0.2, 0) is 4.79 Å². The van der Waals surface area contributed by atoms with Gasteiger partial charge < -0.3 is 10.0 Å². The SMILES string of the molecule is Cc1cc(=O)c(C(=O)N2CCC(CC(=O)O)CC2)nn1-c1ccccc1F. The molecule has 0 bridgehead atoms. The second-order valence-corrected chi connectivity index (χ2v) is 6.70. The molecule has 7 nitrogen and oxygen atoms in total. The van der Waals surface area contributed by atoms with Crippen LogP contribution < -0.4 is 5.43 Å². The van der Waals surface area contributed by atoms with E-state index in [0.717, 1.165) is 0 Å². The summed E-state index contributed by atoms with van der Waals surface area (Å²) in [5, 5.41) is 13.0. The first-order valence-corrected chi connectivity index (χ1v) is 8.73. The first-order chi connectivity index (χ1) is 12.9. The van der Waals surface area contributed by atoms with Crippen molar-refractivity contribution in [3.63, 3.8) is 0 Å². The highest BCUT2D eigenvalue weighted by molar-refractivity contribution is 5.92. The fourth-order valence-corrected chi connectivity index (χ4v) is 3.30. The first kappa shape index (κ1) is 18.8. The van der Waals surface area contributed by atoms with Crippen LogP contribution in [0.5, 0.6) is 0 Å². The zero-order valence-electron chi connectivity index (χ0n) is 14.9. The number of rotatable bonds is 4. The van der Waals surface area contributed by atoms with Gasteiger partial charge in [-0.25, -0.2) is 9.07 Å². The van der Waals surface area contributed by atoms with Gasteiger partial charge in [-0.2, -0.15) is 5.10 Å². The van der Waals surface area contributed by atoms with E-state index in [0.29, 0.717) is 31.6 Å². The molecule has 1 aromatic carbocycles. The number of benzene rings is 1. The molecule has 0 saturated carbocycles. The number of aliphatic carboxylic acids is 1. The summed E-state index contributed by atoms with van der Waals surface area (Å²) in [5.74, 6) is -1.86. The van der Waals surface area contributed by atoms with Gasteiger partial charge in [0.05, 0.1) is 0 Å². The van der Waals surface area contributed by atoms with Crippen LogP contribution in [0.2, 0.25) is 0 Å². The molecule has 0 spiro atoms. The molecule has 27 heavy (non-hydrogen) atoms. The number of carboxylic acid groups (broad SMARTS) is 1. The smallest absolute Gasteiger partial charge is 0.303 e. The summed E-state index contributed by atoms with van der Waals surface area (Å²) in [5.41, 5.74) is -0.204. The average molecular weight is 373 g/mol. The number of likely N-dealkylation sites (tertiary alicyclic amines) is 1. The van der Waals surface area contributed by atoms with E-state index < -0.39 is 23.1 Å². The summed E-state index contributed by atoms with van der Waals surface area (Å²) in [6.45, 7) is 2.35. The third kappa shape index (κ3) is 4.05. The number of aromatic nitrogens is 2. The topological polar surface area (TPSA) is 92.5 Å². The molecular weight excluding hydrogens is 353 g/mol. The minimum absolute atomic E-state index is 0.0209. The summed E-state index contributed by atoms with van der Waals surface area (Å²) < 4.78 is 15.4. The molecule has 1 aliphatic rings. The predicted molar refractivity (Wildman–Crippen MR) is 95.4 cm³/mol. The maximum Gasteiger partial charge on any atom is 0.303 e. The largest absolute Gasteiger partial charge is 0.481 e. The summed E-state index contributed by atoms with van der Waals surface area (Å²) >= 11 is 0. The van der Waals surface area contributed by atoms with Gasteiger partial charge in [0.2, 0.25) is 5.43 Å². The third-order valence-corrected chi connectivity index (χ3v) is 4.76. The number of aryl methyl sites for hydroxylation is 1. The average Bonchev–Trinajstić information content (AvgIpc) is 2.62. The Morgan fingerprint density at radius 1 is 1.26 bits per heavy atom. The van der Waals surface area contributed by atoms with E-state index in [1.54, 1.807) is 19.1 Å². The number of para-hydroxylation sites is 1. The van der Waals surface area contributed by atoms with Crippen LogP contribution in [0.25, 0.3) is 5.69 Å². The van der Waals surface area contributed by atoms with E-state index in [9.17, 15) is 18.8 Å². The fourth-order valence-electron chi connectivity index (χ4n) is 3.30. The molecule has 2 aromatic rings. The van der Waals surface area contributed by atoms with Crippen molar-refractivity contribution in [2.45, 2.75) is 26.2 Å². The van der Waals surface area contributed by atoms with Crippen LogP contribution in [0.3, 0.4) is 0 Å². The van der Waals surface area contributed by atoms with Gasteiger partial charge in [-0.1, -0.05) is 12.1 Å². The summed E-state index contributed by atoms with van der Waals surface area (Å²) in [6.07, 6.45) is 1.20. The molecule has 1 saturated heterocycles. The highest BCUT2D eigenvalue weighted by Crippen LogP contribution is 2.21. The Kier molecular flexibility index (Phi) is 5.34. The molecular formula is C19H20FN3O4. The third-order valence-electron chi connectivity index (χ3n) is 4.76. The molecule has 1 aromatic heterocycles. The Hall–Kier alpha value is -3.03. The Bertz CT molecular complexity index is 933. The number of halogens is 1. The van der Waals surface area contributed by atoms with Crippen molar-refractivity contribution in [3.8, 4) is 5.69 Å². The van der Waals surface area contributed by atoms with Gasteiger partial charge >= 0.3 is 5.97 Å². The lowest BCUT2D eigenvalue weighted by Crippen LogP contribution is -2.41. The number of carbonyl (C=O) groups excluding carboxylic acids is 1. The van der Waals surface area contributed by atoms with Gasteiger partial charge in [-0.05, 0) is 37.8 Å². The molecule has 1 fully saturated rings.